The smallest absolute Gasteiger partial charge is 0.0582 e. The number of nitrogens with one attached hydrogen (secondary N) is 1. The zero-order valence-corrected chi connectivity index (χ0v) is 7.22. The van der Waals surface area contributed by atoms with E-state index in [2.05, 4.69) is 19.2 Å². The van der Waals surface area contributed by atoms with E-state index >= 15 is 0 Å². The van der Waals surface area contributed by atoms with Gasteiger partial charge in [0.05, 0.1) is 6.61 Å². The highest BCUT2D eigenvalue weighted by Crippen LogP contribution is 1.97. The fourth-order valence-electron chi connectivity index (χ4n) is 0.979. The maximum absolute atomic E-state index is 8.71. The van der Waals surface area contributed by atoms with Crippen LogP contribution in [0.15, 0.2) is 0 Å². The van der Waals surface area contributed by atoms with Crippen molar-refractivity contribution >= 4 is 0 Å². The van der Waals surface area contributed by atoms with Gasteiger partial charge in [-0.1, -0.05) is 13.8 Å². The van der Waals surface area contributed by atoms with Crippen LogP contribution in [0.25, 0.3) is 0 Å². The van der Waals surface area contributed by atoms with Crippen molar-refractivity contribution < 1.29 is 5.11 Å². The predicted molar refractivity (Wildman–Crippen MR) is 44.1 cm³/mol. The first kappa shape index (κ1) is 9.92. The van der Waals surface area contributed by atoms with Crippen LogP contribution < -0.4 is 5.32 Å². The minimum Gasteiger partial charge on any atom is -0.395 e. The van der Waals surface area contributed by atoms with E-state index in [0.29, 0.717) is 6.04 Å². The molecule has 0 aliphatic heterocycles. The number of aliphatic hydroxyl groups excluding tert-OH is 1. The summed E-state index contributed by atoms with van der Waals surface area (Å²) in [5.41, 5.74) is 0. The fourth-order valence-corrected chi connectivity index (χ4v) is 0.979. The summed E-state index contributed by atoms with van der Waals surface area (Å²) in [5.74, 6) is 0. The van der Waals surface area contributed by atoms with Crippen LogP contribution in [0.3, 0.4) is 0 Å². The molecule has 2 heteroatoms. The molecule has 0 rings (SSSR count). The van der Waals surface area contributed by atoms with Crippen molar-refractivity contribution in [3.63, 3.8) is 0 Å². The molecule has 0 amide bonds. The topological polar surface area (TPSA) is 32.3 Å². The maximum atomic E-state index is 8.71. The Morgan fingerprint density at radius 2 is 1.80 bits per heavy atom. The molecule has 0 saturated heterocycles. The van der Waals surface area contributed by atoms with E-state index in [0.717, 1.165) is 12.8 Å². The molecule has 2 N–H and O–H groups in total. The Balaban J connectivity index is 3.41. The molecule has 0 aliphatic carbocycles. The maximum Gasteiger partial charge on any atom is 0.0582 e. The van der Waals surface area contributed by atoms with Crippen molar-refractivity contribution in [2.24, 2.45) is 0 Å². The molecule has 0 unspecified atom stereocenters. The molecular formula is C8H19NO. The molecule has 10 heavy (non-hydrogen) atoms. The van der Waals surface area contributed by atoms with Gasteiger partial charge in [0.1, 0.15) is 0 Å². The molecule has 0 fully saturated rings. The zero-order chi connectivity index (χ0) is 7.98. The summed E-state index contributed by atoms with van der Waals surface area (Å²) in [7, 11) is 0. The average molecular weight is 145 g/mol. The highest BCUT2D eigenvalue weighted by molar-refractivity contribution is 4.67. The number of hydrogen-bond donors (Lipinski definition) is 2. The van der Waals surface area contributed by atoms with Gasteiger partial charge in [-0.05, 0) is 19.8 Å². The van der Waals surface area contributed by atoms with Crippen molar-refractivity contribution in [2.45, 2.75) is 45.7 Å². The Bertz CT molecular complexity index is 71.7. The van der Waals surface area contributed by atoms with Gasteiger partial charge in [0, 0.05) is 12.1 Å². The van der Waals surface area contributed by atoms with Gasteiger partial charge in [0.25, 0.3) is 0 Å². The van der Waals surface area contributed by atoms with Crippen LogP contribution in [0.5, 0.6) is 0 Å². The van der Waals surface area contributed by atoms with Crippen LogP contribution in [0.4, 0.5) is 0 Å². The van der Waals surface area contributed by atoms with E-state index in [1.807, 2.05) is 6.92 Å². The van der Waals surface area contributed by atoms with Crippen molar-refractivity contribution in [3.8, 4) is 0 Å². The Labute approximate surface area is 63.6 Å². The Morgan fingerprint density at radius 3 is 2.10 bits per heavy atom. The van der Waals surface area contributed by atoms with Crippen LogP contribution in [0.1, 0.15) is 33.6 Å². The molecule has 0 bridgehead atoms. The highest BCUT2D eigenvalue weighted by Gasteiger charge is 2.05. The fraction of sp³-hybridized carbons (Fsp3) is 1.00. The van der Waals surface area contributed by atoms with Crippen LogP contribution in [0, 0.1) is 0 Å². The standard InChI is InChI=1S/C8H19NO/c1-4-8(5-2)9-7(3)6-10/h7-10H,4-6H2,1-3H3/t7-/m1/s1. The number of rotatable bonds is 5. The summed E-state index contributed by atoms with van der Waals surface area (Å²) in [6.45, 7) is 6.55. The van der Waals surface area contributed by atoms with Gasteiger partial charge >= 0.3 is 0 Å². The summed E-state index contributed by atoms with van der Waals surface area (Å²) in [6, 6.07) is 0.812. The molecule has 1 atom stereocenters. The van der Waals surface area contributed by atoms with Gasteiger partial charge < -0.3 is 10.4 Å². The third-order valence-electron chi connectivity index (χ3n) is 1.78. The predicted octanol–water partition coefficient (Wildman–Crippen LogP) is 1.15. The van der Waals surface area contributed by atoms with Gasteiger partial charge in [-0.2, -0.15) is 0 Å². The Morgan fingerprint density at radius 1 is 1.30 bits per heavy atom. The molecular weight excluding hydrogens is 126 g/mol. The van der Waals surface area contributed by atoms with Crippen LogP contribution in [-0.4, -0.2) is 23.8 Å². The lowest BCUT2D eigenvalue weighted by atomic mass is 10.1. The largest absolute Gasteiger partial charge is 0.395 e. The number of aliphatic hydroxyl groups is 1. The molecule has 0 spiro atoms. The van der Waals surface area contributed by atoms with Gasteiger partial charge in [0.2, 0.25) is 0 Å². The summed E-state index contributed by atoms with van der Waals surface area (Å²) in [4.78, 5) is 0. The average Bonchev–Trinajstić information content (AvgIpc) is 1.99. The number of hydrogen-bond acceptors (Lipinski definition) is 2. The molecule has 0 aromatic carbocycles. The molecule has 0 heterocycles. The minimum absolute atomic E-state index is 0.233. The first-order valence-corrected chi connectivity index (χ1v) is 4.11. The van der Waals surface area contributed by atoms with Crippen molar-refractivity contribution in [3.05, 3.63) is 0 Å². The lowest BCUT2D eigenvalue weighted by Crippen LogP contribution is -2.37. The van der Waals surface area contributed by atoms with Crippen LogP contribution in [-0.2, 0) is 0 Å². The van der Waals surface area contributed by atoms with E-state index in [1.54, 1.807) is 0 Å². The lowest BCUT2D eigenvalue weighted by molar-refractivity contribution is 0.238. The summed E-state index contributed by atoms with van der Waals surface area (Å²) in [5, 5.41) is 12.0. The van der Waals surface area contributed by atoms with E-state index in [9.17, 15) is 0 Å². The van der Waals surface area contributed by atoms with Crippen LogP contribution in [0.2, 0.25) is 0 Å². The zero-order valence-electron chi connectivity index (χ0n) is 7.22. The Hall–Kier alpha value is -0.0800. The summed E-state index contributed by atoms with van der Waals surface area (Å²) in [6.07, 6.45) is 2.28. The quantitative estimate of drug-likeness (QED) is 0.608. The van der Waals surface area contributed by atoms with E-state index in [1.165, 1.54) is 0 Å². The van der Waals surface area contributed by atoms with Crippen LogP contribution >= 0.6 is 0 Å². The molecule has 2 nitrogen and oxygen atoms in total. The van der Waals surface area contributed by atoms with Crippen molar-refractivity contribution in [1.29, 1.82) is 0 Å². The second-order valence-electron chi connectivity index (χ2n) is 2.76. The second-order valence-corrected chi connectivity index (χ2v) is 2.76. The van der Waals surface area contributed by atoms with E-state index in [4.69, 9.17) is 5.11 Å². The molecule has 0 radical (unpaired) electrons. The first-order chi connectivity index (χ1) is 4.74. The van der Waals surface area contributed by atoms with Gasteiger partial charge in [-0.25, -0.2) is 0 Å². The minimum atomic E-state index is 0.233. The summed E-state index contributed by atoms with van der Waals surface area (Å²) >= 11 is 0. The van der Waals surface area contributed by atoms with Crippen molar-refractivity contribution in [1.82, 2.24) is 5.32 Å². The monoisotopic (exact) mass is 145 g/mol. The Kier molecular flexibility index (Phi) is 5.64. The third-order valence-corrected chi connectivity index (χ3v) is 1.78. The van der Waals surface area contributed by atoms with Crippen molar-refractivity contribution in [2.75, 3.05) is 6.61 Å². The molecule has 0 aromatic heterocycles. The van der Waals surface area contributed by atoms with E-state index in [-0.39, 0.29) is 12.6 Å². The second kappa shape index (κ2) is 5.69. The molecule has 0 aliphatic rings. The molecule has 0 aromatic rings. The normalized spacial score (nSPS) is 14.1. The molecule has 0 saturated carbocycles. The lowest BCUT2D eigenvalue weighted by Gasteiger charge is -2.18. The van der Waals surface area contributed by atoms with Gasteiger partial charge in [0.15, 0.2) is 0 Å². The summed E-state index contributed by atoms with van der Waals surface area (Å²) < 4.78 is 0. The first-order valence-electron chi connectivity index (χ1n) is 4.11. The van der Waals surface area contributed by atoms with E-state index < -0.39 is 0 Å². The van der Waals surface area contributed by atoms with Gasteiger partial charge in [-0.15, -0.1) is 0 Å². The highest BCUT2D eigenvalue weighted by atomic mass is 16.3. The van der Waals surface area contributed by atoms with Gasteiger partial charge in [-0.3, -0.25) is 0 Å². The SMILES string of the molecule is CCC(CC)N[C@H](C)CO. The molecule has 62 valence electrons. The third kappa shape index (κ3) is 3.85.